The van der Waals surface area contributed by atoms with Crippen LogP contribution in [0.15, 0.2) is 28.7 Å². The van der Waals surface area contributed by atoms with Gasteiger partial charge in [0.05, 0.1) is 0 Å². The maximum absolute atomic E-state index is 11.4. The lowest BCUT2D eigenvalue weighted by Gasteiger charge is -2.19. The third kappa shape index (κ3) is 2.69. The molecular formula is C15H17NO3S. The van der Waals surface area contributed by atoms with Crippen molar-refractivity contribution in [3.8, 4) is 0 Å². The smallest absolute Gasteiger partial charge is 0.372 e. The zero-order valence-electron chi connectivity index (χ0n) is 11.2. The second-order valence-electron chi connectivity index (χ2n) is 4.95. The quantitative estimate of drug-likeness (QED) is 0.942. The average Bonchev–Trinajstić information content (AvgIpc) is 2.62. The van der Waals surface area contributed by atoms with E-state index in [0.29, 0.717) is 12.1 Å². The summed E-state index contributed by atoms with van der Waals surface area (Å²) >= 11 is 1.96. The van der Waals surface area contributed by atoms with Crippen LogP contribution in [0.1, 0.15) is 22.5 Å². The topological polar surface area (TPSA) is 53.7 Å². The Morgan fingerprint density at radius 1 is 1.30 bits per heavy atom. The molecule has 0 aliphatic carbocycles. The Kier molecular flexibility index (Phi) is 3.98. The van der Waals surface area contributed by atoms with Gasteiger partial charge in [-0.1, -0.05) is 18.2 Å². The van der Waals surface area contributed by atoms with Crippen molar-refractivity contribution in [1.82, 2.24) is 4.90 Å². The van der Waals surface area contributed by atoms with Gasteiger partial charge in [0.2, 0.25) is 5.76 Å². The highest BCUT2D eigenvalue weighted by Gasteiger charge is 2.22. The molecule has 3 rings (SSSR count). The monoisotopic (exact) mass is 291 g/mol. The summed E-state index contributed by atoms with van der Waals surface area (Å²) in [5.41, 5.74) is 1.46. The van der Waals surface area contributed by atoms with Gasteiger partial charge in [0, 0.05) is 29.8 Å². The molecule has 106 valence electrons. The first-order valence-corrected chi connectivity index (χ1v) is 7.95. The van der Waals surface area contributed by atoms with Gasteiger partial charge in [0.15, 0.2) is 0 Å². The van der Waals surface area contributed by atoms with E-state index in [1.165, 1.54) is 5.75 Å². The number of aromatic carboxylic acids is 1. The van der Waals surface area contributed by atoms with E-state index in [0.717, 1.165) is 36.2 Å². The number of rotatable bonds is 3. The summed E-state index contributed by atoms with van der Waals surface area (Å²) in [4.78, 5) is 13.7. The number of para-hydroxylation sites is 1. The van der Waals surface area contributed by atoms with Crippen LogP contribution in [0, 0.1) is 0 Å². The molecule has 1 aromatic carbocycles. The van der Waals surface area contributed by atoms with Crippen LogP contribution in [0.4, 0.5) is 0 Å². The van der Waals surface area contributed by atoms with Gasteiger partial charge in [-0.3, -0.25) is 4.90 Å². The Bertz CT molecular complexity index is 615. The van der Waals surface area contributed by atoms with E-state index >= 15 is 0 Å². The number of hydrogen-bond acceptors (Lipinski definition) is 4. The predicted octanol–water partition coefficient (Wildman–Crippen LogP) is 3.07. The van der Waals surface area contributed by atoms with E-state index < -0.39 is 5.97 Å². The maximum Gasteiger partial charge on any atom is 0.372 e. The fraction of sp³-hybridized carbons (Fsp3) is 0.400. The Hall–Kier alpha value is -1.46. The summed E-state index contributed by atoms with van der Waals surface area (Å²) in [6, 6.07) is 7.55. The van der Waals surface area contributed by atoms with Gasteiger partial charge >= 0.3 is 5.97 Å². The number of carboxylic acids is 1. The largest absolute Gasteiger partial charge is 0.475 e. The number of benzene rings is 1. The summed E-state index contributed by atoms with van der Waals surface area (Å²) < 4.78 is 5.50. The van der Waals surface area contributed by atoms with Crippen molar-refractivity contribution in [3.63, 3.8) is 0 Å². The molecule has 0 saturated carbocycles. The van der Waals surface area contributed by atoms with Crippen LogP contribution in [0.25, 0.3) is 11.0 Å². The van der Waals surface area contributed by atoms with Crippen LogP contribution >= 0.6 is 11.8 Å². The van der Waals surface area contributed by atoms with E-state index in [4.69, 9.17) is 4.42 Å². The van der Waals surface area contributed by atoms with Gasteiger partial charge in [0.1, 0.15) is 5.58 Å². The minimum atomic E-state index is -0.986. The van der Waals surface area contributed by atoms with Crippen molar-refractivity contribution in [1.29, 1.82) is 0 Å². The normalized spacial score (nSPS) is 17.2. The Balaban J connectivity index is 1.95. The summed E-state index contributed by atoms with van der Waals surface area (Å²) in [6.45, 7) is 2.67. The van der Waals surface area contributed by atoms with Crippen molar-refractivity contribution in [2.75, 3.05) is 24.6 Å². The summed E-state index contributed by atoms with van der Waals surface area (Å²) in [5.74, 6) is 1.40. The van der Waals surface area contributed by atoms with E-state index in [2.05, 4.69) is 4.90 Å². The number of hydrogen-bond donors (Lipinski definition) is 1. The lowest BCUT2D eigenvalue weighted by atomic mass is 10.1. The number of fused-ring (bicyclic) bond motifs is 1. The van der Waals surface area contributed by atoms with E-state index in [9.17, 15) is 9.90 Å². The second-order valence-corrected chi connectivity index (χ2v) is 6.18. The molecule has 0 spiro atoms. The molecule has 0 amide bonds. The molecule has 2 heterocycles. The molecule has 0 bridgehead atoms. The highest BCUT2D eigenvalue weighted by molar-refractivity contribution is 7.99. The van der Waals surface area contributed by atoms with Crippen molar-refractivity contribution >= 4 is 28.7 Å². The lowest BCUT2D eigenvalue weighted by Crippen LogP contribution is -2.26. The molecule has 1 aliphatic heterocycles. The van der Waals surface area contributed by atoms with Crippen LogP contribution in [0.3, 0.4) is 0 Å². The van der Waals surface area contributed by atoms with Gasteiger partial charge in [0.25, 0.3) is 0 Å². The van der Waals surface area contributed by atoms with Crippen LogP contribution in [-0.2, 0) is 6.54 Å². The number of thioether (sulfide) groups is 1. The molecule has 0 radical (unpaired) electrons. The molecule has 0 atom stereocenters. The van der Waals surface area contributed by atoms with Crippen molar-refractivity contribution in [2.24, 2.45) is 0 Å². The molecule has 5 heteroatoms. The van der Waals surface area contributed by atoms with Gasteiger partial charge < -0.3 is 9.52 Å². The first-order valence-electron chi connectivity index (χ1n) is 6.79. The molecule has 1 aromatic heterocycles. The van der Waals surface area contributed by atoms with Crippen LogP contribution in [0.2, 0.25) is 0 Å². The van der Waals surface area contributed by atoms with Gasteiger partial charge in [-0.05, 0) is 24.8 Å². The summed E-state index contributed by atoms with van der Waals surface area (Å²) in [5, 5.41) is 10.3. The van der Waals surface area contributed by atoms with E-state index in [1.807, 2.05) is 36.0 Å². The molecule has 0 unspecified atom stereocenters. The van der Waals surface area contributed by atoms with Crippen molar-refractivity contribution < 1.29 is 14.3 Å². The number of furan rings is 1. The minimum absolute atomic E-state index is 0.0862. The Labute approximate surface area is 121 Å². The maximum atomic E-state index is 11.4. The Morgan fingerprint density at radius 2 is 2.15 bits per heavy atom. The van der Waals surface area contributed by atoms with E-state index in [-0.39, 0.29) is 5.76 Å². The average molecular weight is 291 g/mol. The van der Waals surface area contributed by atoms with Crippen molar-refractivity contribution in [2.45, 2.75) is 13.0 Å². The first kappa shape index (κ1) is 13.5. The summed E-state index contributed by atoms with van der Waals surface area (Å²) in [7, 11) is 0. The molecule has 1 N–H and O–H groups in total. The number of carbonyl (C=O) groups is 1. The van der Waals surface area contributed by atoms with Gasteiger partial charge in [-0.25, -0.2) is 4.79 Å². The fourth-order valence-corrected chi connectivity index (χ4v) is 3.53. The standard InChI is InChI=1S/C15H17NO3S/c17-15(18)14-12(10-16-6-3-8-20-9-7-16)11-4-1-2-5-13(11)19-14/h1-2,4-5H,3,6-10H2,(H,17,18). The molecule has 4 nitrogen and oxygen atoms in total. The molecule has 1 saturated heterocycles. The van der Waals surface area contributed by atoms with Crippen LogP contribution in [-0.4, -0.2) is 40.6 Å². The van der Waals surface area contributed by atoms with Gasteiger partial charge in [-0.2, -0.15) is 11.8 Å². The molecular weight excluding hydrogens is 274 g/mol. The SMILES string of the molecule is O=C(O)c1oc2ccccc2c1CN1CCCSCC1. The van der Waals surface area contributed by atoms with Crippen molar-refractivity contribution in [3.05, 3.63) is 35.6 Å². The highest BCUT2D eigenvalue weighted by Crippen LogP contribution is 2.27. The molecule has 1 aliphatic rings. The molecule has 20 heavy (non-hydrogen) atoms. The third-order valence-electron chi connectivity index (χ3n) is 3.59. The lowest BCUT2D eigenvalue weighted by molar-refractivity contribution is 0.0661. The zero-order valence-corrected chi connectivity index (χ0v) is 12.0. The third-order valence-corrected chi connectivity index (χ3v) is 4.64. The van der Waals surface area contributed by atoms with E-state index in [1.54, 1.807) is 0 Å². The first-order chi connectivity index (χ1) is 9.75. The van der Waals surface area contributed by atoms with Crippen LogP contribution < -0.4 is 0 Å². The predicted molar refractivity (Wildman–Crippen MR) is 80.4 cm³/mol. The molecule has 2 aromatic rings. The zero-order chi connectivity index (χ0) is 13.9. The highest BCUT2D eigenvalue weighted by atomic mass is 32.2. The number of carboxylic acid groups (broad SMARTS) is 1. The second kappa shape index (κ2) is 5.89. The Morgan fingerprint density at radius 3 is 3.00 bits per heavy atom. The fourth-order valence-electron chi connectivity index (χ4n) is 2.61. The minimum Gasteiger partial charge on any atom is -0.475 e. The van der Waals surface area contributed by atoms with Crippen LogP contribution in [0.5, 0.6) is 0 Å². The number of nitrogens with zero attached hydrogens (tertiary/aromatic N) is 1. The molecule has 1 fully saturated rings. The van der Waals surface area contributed by atoms with Gasteiger partial charge in [-0.15, -0.1) is 0 Å². The summed E-state index contributed by atoms with van der Waals surface area (Å²) in [6.07, 6.45) is 1.16.